The first-order chi connectivity index (χ1) is 11.9. The second kappa shape index (κ2) is 4.95. The molecule has 5 heteroatoms. The van der Waals surface area contributed by atoms with Crippen molar-refractivity contribution in [2.75, 3.05) is 7.11 Å². The number of rotatable bonds is 4. The number of fused-ring (bicyclic) bond motifs is 1. The van der Waals surface area contributed by atoms with Crippen molar-refractivity contribution in [1.82, 2.24) is 4.57 Å². The van der Waals surface area contributed by atoms with Crippen LogP contribution in [0.3, 0.4) is 0 Å². The van der Waals surface area contributed by atoms with E-state index in [1.54, 1.807) is 0 Å². The lowest BCUT2D eigenvalue weighted by Crippen LogP contribution is -2.73. The van der Waals surface area contributed by atoms with Gasteiger partial charge in [0.1, 0.15) is 18.0 Å². The Hall–Kier alpha value is -2.61. The Morgan fingerprint density at radius 3 is 2.76 bits per heavy atom. The number of nitriles is 1. The summed E-state index contributed by atoms with van der Waals surface area (Å²) in [6, 6.07) is 7.87. The van der Waals surface area contributed by atoms with Crippen LogP contribution >= 0.6 is 0 Å². The Morgan fingerprint density at radius 2 is 2.20 bits per heavy atom. The van der Waals surface area contributed by atoms with Crippen LogP contribution in [0.5, 0.6) is 0 Å². The summed E-state index contributed by atoms with van der Waals surface area (Å²) in [6.45, 7) is 4.74. The lowest BCUT2D eigenvalue weighted by molar-refractivity contribution is -0.275. The monoisotopic (exact) mass is 336 g/mol. The van der Waals surface area contributed by atoms with E-state index in [4.69, 9.17) is 4.74 Å². The Balaban J connectivity index is 1.72. The summed E-state index contributed by atoms with van der Waals surface area (Å²) >= 11 is 0. The van der Waals surface area contributed by atoms with Crippen molar-refractivity contribution >= 4 is 23.2 Å². The van der Waals surface area contributed by atoms with E-state index in [1.807, 2.05) is 29.7 Å². The van der Waals surface area contributed by atoms with Crippen LogP contribution in [-0.4, -0.2) is 23.9 Å². The van der Waals surface area contributed by atoms with E-state index >= 15 is 0 Å². The normalized spacial score (nSPS) is 29.4. The van der Waals surface area contributed by atoms with E-state index in [-0.39, 0.29) is 22.7 Å². The molecule has 1 atom stereocenters. The third-order valence-electron chi connectivity index (χ3n) is 6.79. The number of benzene rings is 1. The first-order valence-corrected chi connectivity index (χ1v) is 8.49. The smallest absolute Gasteiger partial charge is 0.312 e. The average Bonchev–Trinajstić information content (AvgIpc) is 2.96. The maximum Gasteiger partial charge on any atom is 0.312 e. The van der Waals surface area contributed by atoms with Crippen LogP contribution in [0, 0.1) is 35.0 Å². The lowest BCUT2D eigenvalue weighted by atomic mass is 9.29. The third-order valence-corrected chi connectivity index (χ3v) is 6.79. The van der Waals surface area contributed by atoms with Gasteiger partial charge in [-0.2, -0.15) is 5.26 Å². The van der Waals surface area contributed by atoms with Crippen LogP contribution in [0.2, 0.25) is 0 Å². The predicted molar refractivity (Wildman–Crippen MR) is 92.1 cm³/mol. The van der Waals surface area contributed by atoms with Gasteiger partial charge in [-0.1, -0.05) is 6.92 Å². The standard InChI is InChI=1S/C20H20N2O3/c1-12-14(8-23)4-5-17-16(12)6-15(7-21)22(17)11-19-9-20(10-19,13(19)2)18(24)25-3/h4-6,8,13H,9-11H2,1-3H3/t13-,19?,20?/m0/s1. The summed E-state index contributed by atoms with van der Waals surface area (Å²) in [5.74, 6) is 0.151. The summed E-state index contributed by atoms with van der Waals surface area (Å²) in [7, 11) is 1.45. The van der Waals surface area contributed by atoms with Crippen molar-refractivity contribution < 1.29 is 14.3 Å². The quantitative estimate of drug-likeness (QED) is 0.635. The van der Waals surface area contributed by atoms with Crippen LogP contribution in [0.1, 0.15) is 41.4 Å². The first-order valence-electron chi connectivity index (χ1n) is 8.49. The van der Waals surface area contributed by atoms with Gasteiger partial charge in [0.25, 0.3) is 0 Å². The van der Waals surface area contributed by atoms with Gasteiger partial charge < -0.3 is 9.30 Å². The number of carbonyl (C=O) groups is 2. The zero-order valence-corrected chi connectivity index (χ0v) is 14.6. The molecule has 3 fully saturated rings. The maximum absolute atomic E-state index is 12.0. The van der Waals surface area contributed by atoms with Crippen LogP contribution < -0.4 is 0 Å². The molecule has 3 aliphatic carbocycles. The van der Waals surface area contributed by atoms with Gasteiger partial charge in [-0.05, 0) is 54.9 Å². The minimum absolute atomic E-state index is 0.0585. The van der Waals surface area contributed by atoms with Crippen molar-refractivity contribution in [3.8, 4) is 6.07 Å². The number of aryl methyl sites for hydroxylation is 1. The summed E-state index contributed by atoms with van der Waals surface area (Å²) in [5.41, 5.74) is 2.87. The molecule has 0 N–H and O–H groups in total. The Bertz CT molecular complexity index is 957. The molecule has 0 radical (unpaired) electrons. The second-order valence-electron chi connectivity index (χ2n) is 7.64. The van der Waals surface area contributed by atoms with E-state index in [2.05, 4.69) is 13.0 Å². The summed E-state index contributed by atoms with van der Waals surface area (Å²) in [4.78, 5) is 23.2. The van der Waals surface area contributed by atoms with Crippen molar-refractivity contribution in [3.63, 3.8) is 0 Å². The van der Waals surface area contributed by atoms with E-state index in [9.17, 15) is 14.9 Å². The number of hydrogen-bond donors (Lipinski definition) is 0. The molecule has 0 amide bonds. The number of hydrogen-bond acceptors (Lipinski definition) is 4. The summed E-state index contributed by atoms with van der Waals surface area (Å²) < 4.78 is 7.02. The van der Waals surface area contributed by atoms with Crippen LogP contribution in [-0.2, 0) is 16.1 Å². The van der Waals surface area contributed by atoms with Gasteiger partial charge in [0.05, 0.1) is 12.5 Å². The molecule has 1 aromatic carbocycles. The average molecular weight is 336 g/mol. The maximum atomic E-state index is 12.0. The zero-order valence-electron chi connectivity index (χ0n) is 14.6. The molecule has 3 saturated carbocycles. The SMILES string of the molecule is COC(=O)C12CC(Cn3c(C#N)cc4c(C)c(C=O)ccc43)(C1)[C@@H]2C. The highest BCUT2D eigenvalue weighted by atomic mass is 16.5. The molecule has 2 bridgehead atoms. The summed E-state index contributed by atoms with van der Waals surface area (Å²) in [6.07, 6.45) is 2.50. The Labute approximate surface area is 146 Å². The number of esters is 1. The molecule has 0 spiro atoms. The van der Waals surface area contributed by atoms with Gasteiger partial charge in [-0.25, -0.2) is 0 Å². The van der Waals surface area contributed by atoms with E-state index in [0.717, 1.165) is 42.1 Å². The largest absolute Gasteiger partial charge is 0.469 e. The molecular formula is C20H20N2O3. The Morgan fingerprint density at radius 1 is 1.48 bits per heavy atom. The van der Waals surface area contributed by atoms with Crippen molar-refractivity contribution in [2.45, 2.75) is 33.2 Å². The number of aromatic nitrogens is 1. The van der Waals surface area contributed by atoms with E-state index < -0.39 is 0 Å². The number of carbonyl (C=O) groups excluding carboxylic acids is 2. The molecule has 0 aliphatic heterocycles. The lowest BCUT2D eigenvalue weighted by Gasteiger charge is -2.74. The van der Waals surface area contributed by atoms with Gasteiger partial charge >= 0.3 is 5.97 Å². The van der Waals surface area contributed by atoms with Crippen molar-refractivity contribution in [1.29, 1.82) is 5.26 Å². The number of methoxy groups -OCH3 is 1. The van der Waals surface area contributed by atoms with Gasteiger partial charge in [0, 0.05) is 23.0 Å². The van der Waals surface area contributed by atoms with Gasteiger partial charge in [-0.3, -0.25) is 9.59 Å². The fraction of sp³-hybridized carbons (Fsp3) is 0.450. The molecule has 0 saturated heterocycles. The van der Waals surface area contributed by atoms with Crippen molar-refractivity contribution in [2.24, 2.45) is 16.7 Å². The summed E-state index contributed by atoms with van der Waals surface area (Å²) in [5, 5.41) is 10.5. The van der Waals surface area contributed by atoms with Gasteiger partial charge in [0.15, 0.2) is 0 Å². The molecule has 25 heavy (non-hydrogen) atoms. The van der Waals surface area contributed by atoms with Gasteiger partial charge in [0.2, 0.25) is 0 Å². The first kappa shape index (κ1) is 15.9. The topological polar surface area (TPSA) is 72.1 Å². The number of ether oxygens (including phenoxy) is 1. The molecule has 0 unspecified atom stereocenters. The van der Waals surface area contributed by atoms with Crippen LogP contribution in [0.4, 0.5) is 0 Å². The van der Waals surface area contributed by atoms with Crippen LogP contribution in [0.25, 0.3) is 10.9 Å². The highest BCUT2D eigenvalue weighted by Crippen LogP contribution is 2.78. The molecule has 1 aromatic heterocycles. The molecule has 5 nitrogen and oxygen atoms in total. The minimum atomic E-state index is -0.314. The predicted octanol–water partition coefficient (Wildman–Crippen LogP) is 3.22. The highest BCUT2D eigenvalue weighted by molar-refractivity contribution is 5.93. The van der Waals surface area contributed by atoms with E-state index in [1.165, 1.54) is 7.11 Å². The molecular weight excluding hydrogens is 316 g/mol. The Kier molecular flexibility index (Phi) is 3.15. The molecule has 128 valence electrons. The molecule has 2 aromatic rings. The molecule has 3 aliphatic rings. The van der Waals surface area contributed by atoms with Crippen LogP contribution in [0.15, 0.2) is 18.2 Å². The van der Waals surface area contributed by atoms with E-state index in [0.29, 0.717) is 11.3 Å². The number of aldehydes is 1. The molecule has 5 rings (SSSR count). The van der Waals surface area contributed by atoms with Crippen molar-refractivity contribution in [3.05, 3.63) is 35.0 Å². The second-order valence-corrected chi connectivity index (χ2v) is 7.64. The molecule has 1 heterocycles. The fourth-order valence-electron chi connectivity index (χ4n) is 5.11. The minimum Gasteiger partial charge on any atom is -0.469 e. The highest BCUT2D eigenvalue weighted by Gasteiger charge is 2.77. The van der Waals surface area contributed by atoms with Gasteiger partial charge in [-0.15, -0.1) is 0 Å². The number of nitrogens with zero attached hydrogens (tertiary/aromatic N) is 2. The fourth-order valence-corrected chi connectivity index (χ4v) is 5.11. The third kappa shape index (κ3) is 1.77. The zero-order chi connectivity index (χ0) is 18.0.